The largest absolute Gasteiger partial charge is 0.497 e. The molecule has 20 heteroatoms. The zero-order valence-corrected chi connectivity index (χ0v) is 33.8. The molecule has 7 aromatic rings. The van der Waals surface area contributed by atoms with E-state index >= 15 is 0 Å². The van der Waals surface area contributed by atoms with Crippen LogP contribution in [0.4, 0.5) is 32.6 Å². The van der Waals surface area contributed by atoms with Crippen LogP contribution < -0.4 is 19.9 Å². The highest BCUT2D eigenvalue weighted by Gasteiger charge is 2.42. The van der Waals surface area contributed by atoms with Crippen molar-refractivity contribution >= 4 is 55.5 Å². The molecule has 3 heterocycles. The third-order valence-electron chi connectivity index (χ3n) is 10.2. The molecule has 3 aromatic heterocycles. The molecule has 0 aliphatic heterocycles. The van der Waals surface area contributed by atoms with Gasteiger partial charge < -0.3 is 15.2 Å². The van der Waals surface area contributed by atoms with Crippen LogP contribution in [0.3, 0.4) is 0 Å². The highest BCUT2D eigenvalue weighted by atomic mass is 35.5. The number of carboxylic acid groups (broad SMARTS) is 1. The summed E-state index contributed by atoms with van der Waals surface area (Å²) in [5.74, 6) is -2.90. The standard InChI is InChI=1S/C42H33ClF5N7O6S/c1-61-26-8-6-22(7-9-26)20-54(62(59,60)27-10-11-27)40-36-30(43)13-15-34(37(36)53(52-40)21-35(47)48)55-39(33(50-42(57)58)18-23-16-24(44)19-25(45)17-23)51-38-29(41(55)56)12-14-32(49-38)28-4-2-3-5-31(28)46/h2-9,12-17,19,27,33,35,50H,10-11,18,20-21H2,1H3,(H,57,58)/t33-/m0/s1. The SMILES string of the molecule is COc1ccc(CN(c2nn(CC(F)F)c3c(-n4c([C@H](Cc5cc(F)cc(F)c5)NC(=O)O)nc5nc(-c6ccccc6F)ccc5c4=O)ccc(Cl)c23)S(=O)(=O)C2CC2)cc1. The Bertz CT molecular complexity index is 3040. The van der Waals surface area contributed by atoms with Gasteiger partial charge in [-0.05, 0) is 84.6 Å². The lowest BCUT2D eigenvalue weighted by molar-refractivity contribution is 0.123. The molecule has 62 heavy (non-hydrogen) atoms. The zero-order chi connectivity index (χ0) is 44.0. The van der Waals surface area contributed by atoms with Crippen molar-refractivity contribution < 1.29 is 45.0 Å². The number of halogens is 6. The molecular formula is C42H33ClF5N7O6S. The molecule has 4 aromatic carbocycles. The first-order chi connectivity index (χ1) is 29.6. The van der Waals surface area contributed by atoms with Crippen molar-refractivity contribution in [2.24, 2.45) is 0 Å². The number of alkyl halides is 2. The van der Waals surface area contributed by atoms with Gasteiger partial charge in [0.1, 0.15) is 35.6 Å². The predicted molar refractivity (Wildman–Crippen MR) is 220 cm³/mol. The molecule has 0 spiro atoms. The van der Waals surface area contributed by atoms with Gasteiger partial charge in [-0.25, -0.2) is 49.4 Å². The van der Waals surface area contributed by atoms with Crippen LogP contribution >= 0.6 is 11.6 Å². The van der Waals surface area contributed by atoms with Gasteiger partial charge in [-0.2, -0.15) is 5.10 Å². The normalized spacial score (nSPS) is 13.5. The Kier molecular flexibility index (Phi) is 11.3. The van der Waals surface area contributed by atoms with Gasteiger partial charge in [0.05, 0.1) is 57.6 Å². The van der Waals surface area contributed by atoms with Gasteiger partial charge in [-0.1, -0.05) is 35.9 Å². The second kappa shape index (κ2) is 16.7. The Morgan fingerprint density at radius 1 is 0.968 bits per heavy atom. The van der Waals surface area contributed by atoms with Crippen LogP contribution in [0.1, 0.15) is 35.8 Å². The number of amides is 1. The third-order valence-corrected chi connectivity index (χ3v) is 12.8. The summed E-state index contributed by atoms with van der Waals surface area (Å²) >= 11 is 6.85. The maximum atomic E-state index is 15.0. The average Bonchev–Trinajstić information content (AvgIpc) is 4.03. The number of nitrogens with zero attached hydrogens (tertiary/aromatic N) is 6. The summed E-state index contributed by atoms with van der Waals surface area (Å²) in [6.45, 7) is -1.43. The Morgan fingerprint density at radius 3 is 2.32 bits per heavy atom. The van der Waals surface area contributed by atoms with Crippen molar-refractivity contribution in [3.63, 3.8) is 0 Å². The lowest BCUT2D eigenvalue weighted by atomic mass is 10.0. The van der Waals surface area contributed by atoms with Crippen LogP contribution in [0.5, 0.6) is 5.75 Å². The molecule has 320 valence electrons. The summed E-state index contributed by atoms with van der Waals surface area (Å²) < 4.78 is 109. The molecule has 0 bridgehead atoms. The first-order valence-electron chi connectivity index (χ1n) is 18.9. The molecule has 0 saturated heterocycles. The number of ether oxygens (including phenoxy) is 1. The molecule has 0 radical (unpaired) electrons. The predicted octanol–water partition coefficient (Wildman–Crippen LogP) is 8.19. The fourth-order valence-corrected chi connectivity index (χ4v) is 9.31. The van der Waals surface area contributed by atoms with E-state index in [1.807, 2.05) is 0 Å². The van der Waals surface area contributed by atoms with E-state index in [0.717, 1.165) is 25.7 Å². The number of fused-ring (bicyclic) bond motifs is 2. The van der Waals surface area contributed by atoms with E-state index in [1.54, 1.807) is 30.3 Å². The van der Waals surface area contributed by atoms with Crippen LogP contribution in [-0.2, 0) is 29.5 Å². The van der Waals surface area contributed by atoms with Crippen molar-refractivity contribution in [1.29, 1.82) is 0 Å². The van der Waals surface area contributed by atoms with Crippen molar-refractivity contribution in [3.05, 3.63) is 141 Å². The van der Waals surface area contributed by atoms with Crippen LogP contribution in [0.15, 0.2) is 95.8 Å². The fraction of sp³-hybridized carbons (Fsp3) is 0.214. The maximum absolute atomic E-state index is 15.0. The molecular weight excluding hydrogens is 861 g/mol. The first kappa shape index (κ1) is 42.1. The van der Waals surface area contributed by atoms with Gasteiger partial charge in [-0.3, -0.25) is 14.0 Å². The third kappa shape index (κ3) is 8.24. The lowest BCUT2D eigenvalue weighted by Crippen LogP contribution is -2.35. The number of anilines is 1. The van der Waals surface area contributed by atoms with E-state index in [1.165, 1.54) is 49.6 Å². The number of methoxy groups -OCH3 is 1. The summed E-state index contributed by atoms with van der Waals surface area (Å²) in [7, 11) is -2.75. The van der Waals surface area contributed by atoms with E-state index in [-0.39, 0.29) is 61.8 Å². The Morgan fingerprint density at radius 2 is 1.68 bits per heavy atom. The summed E-state index contributed by atoms with van der Waals surface area (Å²) in [5, 5.41) is 15.5. The van der Waals surface area contributed by atoms with Crippen LogP contribution in [0.2, 0.25) is 5.02 Å². The first-order valence-corrected chi connectivity index (χ1v) is 20.8. The summed E-state index contributed by atoms with van der Waals surface area (Å²) in [6.07, 6.45) is -4.58. The summed E-state index contributed by atoms with van der Waals surface area (Å²) in [4.78, 5) is 36.4. The Labute approximate surface area is 354 Å². The van der Waals surface area contributed by atoms with E-state index in [9.17, 15) is 45.1 Å². The maximum Gasteiger partial charge on any atom is 0.405 e. The molecule has 1 amide bonds. The van der Waals surface area contributed by atoms with Gasteiger partial charge in [0.15, 0.2) is 11.5 Å². The van der Waals surface area contributed by atoms with Gasteiger partial charge >= 0.3 is 6.09 Å². The molecule has 0 unspecified atom stereocenters. The van der Waals surface area contributed by atoms with Gasteiger partial charge in [0.2, 0.25) is 10.0 Å². The van der Waals surface area contributed by atoms with Gasteiger partial charge in [0, 0.05) is 18.1 Å². The number of nitrogens with one attached hydrogen (secondary N) is 1. The highest BCUT2D eigenvalue weighted by Crippen LogP contribution is 2.42. The highest BCUT2D eigenvalue weighted by molar-refractivity contribution is 7.93. The smallest absolute Gasteiger partial charge is 0.405 e. The van der Waals surface area contributed by atoms with E-state index < -0.39 is 75.6 Å². The quantitative estimate of drug-likeness (QED) is 0.103. The second-order valence-corrected chi connectivity index (χ2v) is 17.0. The molecule has 1 fully saturated rings. The van der Waals surface area contributed by atoms with Crippen LogP contribution in [0.25, 0.3) is 38.9 Å². The van der Waals surface area contributed by atoms with E-state index in [2.05, 4.69) is 20.4 Å². The number of carbonyl (C=O) groups is 1. The lowest BCUT2D eigenvalue weighted by Gasteiger charge is -2.24. The van der Waals surface area contributed by atoms with E-state index in [0.29, 0.717) is 30.2 Å². The monoisotopic (exact) mass is 893 g/mol. The zero-order valence-electron chi connectivity index (χ0n) is 32.3. The number of aromatic nitrogens is 5. The number of rotatable bonds is 14. The number of pyridine rings is 1. The average molecular weight is 894 g/mol. The number of hydrogen-bond acceptors (Lipinski definition) is 8. The van der Waals surface area contributed by atoms with Gasteiger partial charge in [0.25, 0.3) is 12.0 Å². The van der Waals surface area contributed by atoms with Gasteiger partial charge in [-0.15, -0.1) is 0 Å². The Balaban J connectivity index is 1.42. The molecule has 2 N–H and O–H groups in total. The molecule has 1 aliphatic carbocycles. The van der Waals surface area contributed by atoms with Crippen molar-refractivity contribution in [1.82, 2.24) is 29.6 Å². The minimum atomic E-state index is -4.21. The molecule has 13 nitrogen and oxygen atoms in total. The van der Waals surface area contributed by atoms with Crippen molar-refractivity contribution in [2.45, 2.75) is 50.1 Å². The minimum absolute atomic E-state index is 0.0422. The van der Waals surface area contributed by atoms with E-state index in [4.69, 9.17) is 16.3 Å². The minimum Gasteiger partial charge on any atom is -0.497 e. The summed E-state index contributed by atoms with van der Waals surface area (Å²) in [5.41, 5.74) is -1.23. The number of benzene rings is 4. The van der Waals surface area contributed by atoms with Crippen LogP contribution in [0, 0.1) is 17.5 Å². The molecule has 1 saturated carbocycles. The molecule has 8 rings (SSSR count). The van der Waals surface area contributed by atoms with Crippen molar-refractivity contribution in [2.75, 3.05) is 11.4 Å². The molecule has 1 atom stereocenters. The van der Waals surface area contributed by atoms with Crippen LogP contribution in [-0.4, -0.2) is 62.7 Å². The van der Waals surface area contributed by atoms with Crippen molar-refractivity contribution in [3.8, 4) is 22.7 Å². The molecule has 1 aliphatic rings. The Hall–Kier alpha value is -6.60. The summed E-state index contributed by atoms with van der Waals surface area (Å²) in [6, 6.07) is 18.2. The topological polar surface area (TPSA) is 162 Å². The number of sulfonamides is 1. The number of hydrogen-bond donors (Lipinski definition) is 2. The fourth-order valence-electron chi connectivity index (χ4n) is 7.28. The second-order valence-electron chi connectivity index (χ2n) is 14.4.